The van der Waals surface area contributed by atoms with Gasteiger partial charge in [0.2, 0.25) is 0 Å². The van der Waals surface area contributed by atoms with Gasteiger partial charge in [-0.3, -0.25) is 0 Å². The molecule has 5 nitrogen and oxygen atoms in total. The highest BCUT2D eigenvalue weighted by Crippen LogP contribution is 2.31. The Labute approximate surface area is 131 Å². The molecular weight excluding hydrogens is 276 g/mol. The average Bonchev–Trinajstić information content (AvgIpc) is 2.83. The van der Waals surface area contributed by atoms with Gasteiger partial charge in [0.25, 0.3) is 0 Å². The first-order valence-electron chi connectivity index (χ1n) is 7.82. The molecule has 0 aliphatic carbocycles. The van der Waals surface area contributed by atoms with E-state index in [0.717, 1.165) is 48.8 Å². The molecule has 0 bridgehead atoms. The van der Waals surface area contributed by atoms with Gasteiger partial charge in [-0.05, 0) is 38.8 Å². The van der Waals surface area contributed by atoms with E-state index in [1.807, 2.05) is 28.9 Å². The quantitative estimate of drug-likeness (QED) is 0.946. The number of aryl methyl sites for hydroxylation is 1. The van der Waals surface area contributed by atoms with Gasteiger partial charge in [-0.15, -0.1) is 0 Å². The molecule has 0 spiro atoms. The van der Waals surface area contributed by atoms with Crippen molar-refractivity contribution >= 4 is 5.69 Å². The van der Waals surface area contributed by atoms with Crippen molar-refractivity contribution in [3.8, 4) is 11.4 Å². The van der Waals surface area contributed by atoms with E-state index < -0.39 is 0 Å². The molecule has 118 valence electrons. The molecule has 22 heavy (non-hydrogen) atoms. The molecular formula is C17H24N4O. The molecule has 1 aromatic carbocycles. The molecule has 2 N–H and O–H groups in total. The minimum atomic E-state index is 0.334. The number of nitrogens with zero attached hydrogens (tertiary/aromatic N) is 3. The van der Waals surface area contributed by atoms with Crippen LogP contribution in [-0.4, -0.2) is 36.0 Å². The van der Waals surface area contributed by atoms with E-state index in [1.54, 1.807) is 7.11 Å². The first-order chi connectivity index (χ1) is 10.6. The fourth-order valence-electron chi connectivity index (χ4n) is 3.25. The van der Waals surface area contributed by atoms with E-state index in [2.05, 4.69) is 18.7 Å². The van der Waals surface area contributed by atoms with Crippen LogP contribution >= 0.6 is 0 Å². The highest BCUT2D eigenvalue weighted by molar-refractivity contribution is 5.59. The van der Waals surface area contributed by atoms with Gasteiger partial charge >= 0.3 is 0 Å². The lowest BCUT2D eigenvalue weighted by molar-refractivity contribution is 0.411. The van der Waals surface area contributed by atoms with Crippen molar-refractivity contribution in [3.63, 3.8) is 0 Å². The van der Waals surface area contributed by atoms with Crippen LogP contribution in [-0.2, 0) is 0 Å². The number of piperidine rings is 1. The Bertz CT molecular complexity index is 657. The monoisotopic (exact) mass is 300 g/mol. The molecule has 1 fully saturated rings. The topological polar surface area (TPSA) is 56.3 Å². The average molecular weight is 300 g/mol. The Morgan fingerprint density at radius 3 is 2.55 bits per heavy atom. The van der Waals surface area contributed by atoms with Gasteiger partial charge in [0.15, 0.2) is 0 Å². The van der Waals surface area contributed by atoms with Gasteiger partial charge in [0.1, 0.15) is 11.4 Å². The van der Waals surface area contributed by atoms with Crippen molar-refractivity contribution in [3.05, 3.63) is 35.7 Å². The van der Waals surface area contributed by atoms with Gasteiger partial charge < -0.3 is 15.4 Å². The third kappa shape index (κ3) is 2.57. The fourth-order valence-corrected chi connectivity index (χ4v) is 3.25. The van der Waals surface area contributed by atoms with Crippen molar-refractivity contribution in [2.24, 2.45) is 5.73 Å². The van der Waals surface area contributed by atoms with E-state index in [9.17, 15) is 0 Å². The highest BCUT2D eigenvalue weighted by Gasteiger charge is 2.23. The first-order valence-corrected chi connectivity index (χ1v) is 7.82. The summed E-state index contributed by atoms with van der Waals surface area (Å²) in [4.78, 5) is 2.41. The van der Waals surface area contributed by atoms with Crippen LogP contribution in [0.1, 0.15) is 24.2 Å². The molecule has 1 aliphatic heterocycles. The predicted octanol–water partition coefficient (Wildman–Crippen LogP) is 2.43. The zero-order chi connectivity index (χ0) is 15.7. The number of aromatic nitrogens is 2. The van der Waals surface area contributed by atoms with Crippen molar-refractivity contribution < 1.29 is 4.74 Å². The normalized spacial score (nSPS) is 16.1. The Hall–Kier alpha value is -2.01. The number of benzene rings is 1. The molecule has 0 atom stereocenters. The van der Waals surface area contributed by atoms with Crippen LogP contribution < -0.4 is 15.4 Å². The molecule has 2 aromatic rings. The van der Waals surface area contributed by atoms with Crippen LogP contribution in [0.2, 0.25) is 0 Å². The van der Waals surface area contributed by atoms with Crippen LogP contribution in [0.3, 0.4) is 0 Å². The largest absolute Gasteiger partial charge is 0.494 e. The molecule has 0 radical (unpaired) electrons. The summed E-state index contributed by atoms with van der Waals surface area (Å²) >= 11 is 0. The maximum atomic E-state index is 6.02. The second-order valence-corrected chi connectivity index (χ2v) is 5.93. The van der Waals surface area contributed by atoms with E-state index >= 15 is 0 Å². The van der Waals surface area contributed by atoms with Crippen molar-refractivity contribution in [1.29, 1.82) is 0 Å². The van der Waals surface area contributed by atoms with Crippen LogP contribution in [0.25, 0.3) is 5.69 Å². The number of anilines is 1. The number of ether oxygens (including phenoxy) is 1. The summed E-state index contributed by atoms with van der Waals surface area (Å²) in [6, 6.07) is 8.31. The van der Waals surface area contributed by atoms with E-state index in [-0.39, 0.29) is 0 Å². The molecule has 1 saturated heterocycles. The molecule has 0 unspecified atom stereocenters. The number of hydrogen-bond donors (Lipinski definition) is 1. The summed E-state index contributed by atoms with van der Waals surface area (Å²) in [7, 11) is 1.69. The van der Waals surface area contributed by atoms with Gasteiger partial charge in [-0.25, -0.2) is 4.68 Å². The molecule has 1 aliphatic rings. The summed E-state index contributed by atoms with van der Waals surface area (Å²) in [5, 5.41) is 4.75. The zero-order valence-electron chi connectivity index (χ0n) is 13.5. The minimum Gasteiger partial charge on any atom is -0.494 e. The van der Waals surface area contributed by atoms with Crippen LogP contribution in [0.15, 0.2) is 24.3 Å². The van der Waals surface area contributed by atoms with Gasteiger partial charge in [-0.1, -0.05) is 12.1 Å². The molecule has 5 heteroatoms. The Morgan fingerprint density at radius 1 is 1.18 bits per heavy atom. The lowest BCUT2D eigenvalue weighted by Crippen LogP contribution is -2.40. The van der Waals surface area contributed by atoms with Gasteiger partial charge in [0, 0.05) is 19.1 Å². The van der Waals surface area contributed by atoms with Crippen LogP contribution in [0.4, 0.5) is 5.69 Å². The number of rotatable bonds is 3. The van der Waals surface area contributed by atoms with Gasteiger partial charge in [0.05, 0.1) is 24.2 Å². The molecule has 2 heterocycles. The van der Waals surface area contributed by atoms with Crippen molar-refractivity contribution in [2.45, 2.75) is 32.7 Å². The first kappa shape index (κ1) is 14.9. The van der Waals surface area contributed by atoms with Crippen molar-refractivity contribution in [2.75, 3.05) is 25.1 Å². The summed E-state index contributed by atoms with van der Waals surface area (Å²) in [5.74, 6) is 0.834. The third-order valence-electron chi connectivity index (χ3n) is 4.42. The zero-order valence-corrected chi connectivity index (χ0v) is 13.5. The number of hydrogen-bond acceptors (Lipinski definition) is 4. The maximum Gasteiger partial charge on any atom is 0.144 e. The lowest BCUT2D eigenvalue weighted by Gasteiger charge is -2.32. The summed E-state index contributed by atoms with van der Waals surface area (Å²) in [6.07, 6.45) is 2.08. The SMILES string of the molecule is COc1ccccc1-n1nc(C)c(N2CCC(N)CC2)c1C. The van der Waals surface area contributed by atoms with Crippen LogP contribution in [0.5, 0.6) is 5.75 Å². The smallest absolute Gasteiger partial charge is 0.144 e. The Balaban J connectivity index is 2.00. The fraction of sp³-hybridized carbons (Fsp3) is 0.471. The summed E-state index contributed by atoms with van der Waals surface area (Å²) in [6.45, 7) is 6.19. The molecule has 0 saturated carbocycles. The minimum absolute atomic E-state index is 0.334. The molecule has 3 rings (SSSR count). The van der Waals surface area contributed by atoms with Gasteiger partial charge in [-0.2, -0.15) is 5.10 Å². The lowest BCUT2D eigenvalue weighted by atomic mass is 10.1. The van der Waals surface area contributed by atoms with E-state index in [4.69, 9.17) is 15.6 Å². The van der Waals surface area contributed by atoms with E-state index in [1.165, 1.54) is 5.69 Å². The molecule has 0 amide bonds. The third-order valence-corrected chi connectivity index (χ3v) is 4.42. The summed E-state index contributed by atoms with van der Waals surface area (Å²) < 4.78 is 7.46. The van der Waals surface area contributed by atoms with Crippen LogP contribution in [0, 0.1) is 13.8 Å². The standard InChI is InChI=1S/C17H24N4O/c1-12-17(20-10-8-14(18)9-11-20)13(2)21(19-12)15-6-4-5-7-16(15)22-3/h4-7,14H,8-11,18H2,1-3H3. The number of nitrogens with two attached hydrogens (primary N) is 1. The second kappa shape index (κ2) is 6.01. The maximum absolute atomic E-state index is 6.02. The van der Waals surface area contributed by atoms with E-state index in [0.29, 0.717) is 6.04 Å². The Morgan fingerprint density at radius 2 is 1.86 bits per heavy atom. The highest BCUT2D eigenvalue weighted by atomic mass is 16.5. The van der Waals surface area contributed by atoms with Crippen molar-refractivity contribution in [1.82, 2.24) is 9.78 Å². The number of methoxy groups -OCH3 is 1. The molecule has 1 aromatic heterocycles. The predicted molar refractivity (Wildman–Crippen MR) is 89.0 cm³/mol. The Kier molecular flexibility index (Phi) is 4.07. The number of para-hydroxylation sites is 2. The summed E-state index contributed by atoms with van der Waals surface area (Å²) in [5.41, 5.74) is 10.4. The second-order valence-electron chi connectivity index (χ2n) is 5.93.